The van der Waals surface area contributed by atoms with Crippen LogP contribution in [0.3, 0.4) is 0 Å². The standard InChI is InChI=1S/C20H28N4O4/c1-26-16-5-6-19(28-11-2-7-21)18(13-16)20(25)23-9-4-12-27-17(14-23)15-24-10-3-8-22-24/h3,5-6,8,10,13,17H,2,4,7,9,11-12,14-15,21H2,1H3. The first-order chi connectivity index (χ1) is 13.7. The van der Waals surface area contributed by atoms with E-state index in [1.54, 1.807) is 31.5 Å². The quantitative estimate of drug-likeness (QED) is 0.690. The van der Waals surface area contributed by atoms with Crippen LogP contribution in [0.2, 0.25) is 0 Å². The minimum atomic E-state index is -0.112. The van der Waals surface area contributed by atoms with Crippen molar-refractivity contribution < 1.29 is 19.0 Å². The summed E-state index contributed by atoms with van der Waals surface area (Å²) in [5.41, 5.74) is 6.04. The van der Waals surface area contributed by atoms with E-state index in [-0.39, 0.29) is 12.0 Å². The highest BCUT2D eigenvalue weighted by atomic mass is 16.5. The first-order valence-corrected chi connectivity index (χ1v) is 9.60. The molecule has 8 nitrogen and oxygen atoms in total. The number of methoxy groups -OCH3 is 1. The van der Waals surface area contributed by atoms with Crippen LogP contribution in [0.5, 0.6) is 11.5 Å². The van der Waals surface area contributed by atoms with Crippen molar-refractivity contribution >= 4 is 5.91 Å². The summed E-state index contributed by atoms with van der Waals surface area (Å²) in [6, 6.07) is 7.17. The van der Waals surface area contributed by atoms with Gasteiger partial charge in [-0.25, -0.2) is 0 Å². The Kier molecular flexibility index (Phi) is 7.27. The molecule has 1 aromatic heterocycles. The van der Waals surface area contributed by atoms with Gasteiger partial charge in [-0.15, -0.1) is 0 Å². The van der Waals surface area contributed by atoms with E-state index in [2.05, 4.69) is 5.10 Å². The van der Waals surface area contributed by atoms with Crippen LogP contribution in [0.25, 0.3) is 0 Å². The van der Waals surface area contributed by atoms with Gasteiger partial charge in [0.1, 0.15) is 11.5 Å². The minimum Gasteiger partial charge on any atom is -0.497 e. The van der Waals surface area contributed by atoms with Crippen molar-refractivity contribution in [3.63, 3.8) is 0 Å². The zero-order chi connectivity index (χ0) is 19.8. The predicted molar refractivity (Wildman–Crippen MR) is 105 cm³/mol. The van der Waals surface area contributed by atoms with E-state index in [0.717, 1.165) is 12.8 Å². The van der Waals surface area contributed by atoms with Gasteiger partial charge in [0, 0.05) is 32.1 Å². The van der Waals surface area contributed by atoms with Gasteiger partial charge in [0.15, 0.2) is 0 Å². The lowest BCUT2D eigenvalue weighted by atomic mass is 10.1. The number of rotatable bonds is 8. The fourth-order valence-corrected chi connectivity index (χ4v) is 3.17. The Bertz CT molecular complexity index is 751. The van der Waals surface area contributed by atoms with E-state index in [1.165, 1.54) is 0 Å². The summed E-state index contributed by atoms with van der Waals surface area (Å²) in [6.07, 6.45) is 5.03. The topological polar surface area (TPSA) is 91.8 Å². The molecular formula is C20H28N4O4. The minimum absolute atomic E-state index is 0.0855. The third-order valence-corrected chi connectivity index (χ3v) is 4.61. The van der Waals surface area contributed by atoms with Crippen LogP contribution < -0.4 is 15.2 Å². The molecule has 28 heavy (non-hydrogen) atoms. The van der Waals surface area contributed by atoms with Gasteiger partial charge in [0.25, 0.3) is 5.91 Å². The molecule has 1 aliphatic rings. The zero-order valence-corrected chi connectivity index (χ0v) is 16.3. The zero-order valence-electron chi connectivity index (χ0n) is 16.3. The first-order valence-electron chi connectivity index (χ1n) is 9.60. The molecule has 1 fully saturated rings. The molecule has 1 unspecified atom stereocenters. The molecule has 1 aromatic carbocycles. The SMILES string of the molecule is COc1ccc(OCCCN)c(C(=O)N2CCCOC(Cn3cccn3)C2)c1. The molecule has 0 spiro atoms. The molecule has 0 radical (unpaired) electrons. The van der Waals surface area contributed by atoms with Crippen LogP contribution in [-0.4, -0.2) is 66.6 Å². The molecule has 0 bridgehead atoms. The number of benzene rings is 1. The third kappa shape index (κ3) is 5.24. The van der Waals surface area contributed by atoms with Gasteiger partial charge in [-0.2, -0.15) is 5.10 Å². The summed E-state index contributed by atoms with van der Waals surface area (Å²) in [5, 5.41) is 4.23. The number of carbonyl (C=O) groups excluding carboxylic acids is 1. The number of nitrogens with two attached hydrogens (primary N) is 1. The molecule has 1 saturated heterocycles. The summed E-state index contributed by atoms with van der Waals surface area (Å²) < 4.78 is 18.9. The molecule has 2 heterocycles. The van der Waals surface area contributed by atoms with E-state index < -0.39 is 0 Å². The molecule has 2 aromatic rings. The Hall–Kier alpha value is -2.58. The normalized spacial score (nSPS) is 17.2. The van der Waals surface area contributed by atoms with Crippen LogP contribution >= 0.6 is 0 Å². The third-order valence-electron chi connectivity index (χ3n) is 4.61. The number of amides is 1. The maximum absolute atomic E-state index is 13.3. The van der Waals surface area contributed by atoms with Crippen LogP contribution in [0.4, 0.5) is 0 Å². The fraction of sp³-hybridized carbons (Fsp3) is 0.500. The maximum Gasteiger partial charge on any atom is 0.257 e. The second kappa shape index (κ2) is 10.1. The maximum atomic E-state index is 13.3. The van der Waals surface area contributed by atoms with Crippen molar-refractivity contribution in [2.45, 2.75) is 25.5 Å². The highest BCUT2D eigenvalue weighted by molar-refractivity contribution is 5.97. The summed E-state index contributed by atoms with van der Waals surface area (Å²) in [5.74, 6) is 1.08. The van der Waals surface area contributed by atoms with Gasteiger partial charge in [0.05, 0.1) is 31.9 Å². The molecule has 1 aliphatic heterocycles. The van der Waals surface area contributed by atoms with Gasteiger partial charge in [0.2, 0.25) is 0 Å². The lowest BCUT2D eigenvalue weighted by Gasteiger charge is -2.25. The highest BCUT2D eigenvalue weighted by Crippen LogP contribution is 2.26. The molecule has 152 valence electrons. The summed E-state index contributed by atoms with van der Waals surface area (Å²) in [4.78, 5) is 15.1. The van der Waals surface area contributed by atoms with Crippen LogP contribution in [0, 0.1) is 0 Å². The van der Waals surface area contributed by atoms with Crippen LogP contribution in [-0.2, 0) is 11.3 Å². The monoisotopic (exact) mass is 388 g/mol. The van der Waals surface area contributed by atoms with Gasteiger partial charge in [-0.1, -0.05) is 0 Å². The molecule has 3 rings (SSSR count). The van der Waals surface area contributed by atoms with E-state index >= 15 is 0 Å². The van der Waals surface area contributed by atoms with Crippen molar-refractivity contribution in [3.05, 3.63) is 42.2 Å². The van der Waals surface area contributed by atoms with Gasteiger partial charge in [-0.05, 0) is 43.7 Å². The molecule has 8 heteroatoms. The van der Waals surface area contributed by atoms with Crippen LogP contribution in [0.15, 0.2) is 36.7 Å². The second-order valence-corrected chi connectivity index (χ2v) is 6.68. The molecule has 0 aliphatic carbocycles. The number of aromatic nitrogens is 2. The number of nitrogens with zero attached hydrogens (tertiary/aromatic N) is 3. The number of carbonyl (C=O) groups is 1. The average molecular weight is 388 g/mol. The van der Waals surface area contributed by atoms with E-state index in [1.807, 2.05) is 21.8 Å². The largest absolute Gasteiger partial charge is 0.497 e. The van der Waals surface area contributed by atoms with E-state index in [9.17, 15) is 4.79 Å². The number of hydrogen-bond acceptors (Lipinski definition) is 6. The lowest BCUT2D eigenvalue weighted by Crippen LogP contribution is -2.38. The molecule has 0 saturated carbocycles. The summed E-state index contributed by atoms with van der Waals surface area (Å²) in [6.45, 7) is 3.36. The first kappa shape index (κ1) is 20.2. The second-order valence-electron chi connectivity index (χ2n) is 6.68. The Morgan fingerprint density at radius 3 is 3.07 bits per heavy atom. The van der Waals surface area contributed by atoms with Crippen molar-refractivity contribution in [2.75, 3.05) is 40.0 Å². The average Bonchev–Trinajstić information content (AvgIpc) is 3.11. The van der Waals surface area contributed by atoms with E-state index in [0.29, 0.717) is 56.5 Å². The molecule has 1 amide bonds. The van der Waals surface area contributed by atoms with E-state index in [4.69, 9.17) is 19.9 Å². The predicted octanol–water partition coefficient (Wildman–Crippen LogP) is 1.55. The van der Waals surface area contributed by atoms with Crippen molar-refractivity contribution in [3.8, 4) is 11.5 Å². The Balaban J connectivity index is 1.76. The Morgan fingerprint density at radius 1 is 1.43 bits per heavy atom. The molecule has 2 N–H and O–H groups in total. The van der Waals surface area contributed by atoms with Crippen molar-refractivity contribution in [1.29, 1.82) is 0 Å². The molecule has 1 atom stereocenters. The van der Waals surface area contributed by atoms with Gasteiger partial charge >= 0.3 is 0 Å². The Morgan fingerprint density at radius 2 is 2.32 bits per heavy atom. The number of hydrogen-bond donors (Lipinski definition) is 1. The lowest BCUT2D eigenvalue weighted by molar-refractivity contribution is 0.0366. The molecular weight excluding hydrogens is 360 g/mol. The van der Waals surface area contributed by atoms with Gasteiger partial charge < -0.3 is 24.8 Å². The summed E-state index contributed by atoms with van der Waals surface area (Å²) in [7, 11) is 1.58. The number of ether oxygens (including phenoxy) is 3. The van der Waals surface area contributed by atoms with Crippen molar-refractivity contribution in [1.82, 2.24) is 14.7 Å². The smallest absolute Gasteiger partial charge is 0.257 e. The Labute approximate surface area is 165 Å². The summed E-state index contributed by atoms with van der Waals surface area (Å²) >= 11 is 0. The fourth-order valence-electron chi connectivity index (χ4n) is 3.17. The highest BCUT2D eigenvalue weighted by Gasteiger charge is 2.26. The van der Waals surface area contributed by atoms with Crippen molar-refractivity contribution in [2.24, 2.45) is 5.73 Å². The van der Waals surface area contributed by atoms with Crippen LogP contribution in [0.1, 0.15) is 23.2 Å². The van der Waals surface area contributed by atoms with Gasteiger partial charge in [-0.3, -0.25) is 9.48 Å².